The molecule has 0 aliphatic carbocycles. The molecular weight excluding hydrogens is 346 g/mol. The van der Waals surface area contributed by atoms with Gasteiger partial charge in [0, 0.05) is 25.5 Å². The number of phenols is 1. The third kappa shape index (κ3) is 5.81. The summed E-state index contributed by atoms with van der Waals surface area (Å²) in [6.45, 7) is 3.76. The summed E-state index contributed by atoms with van der Waals surface area (Å²) in [5.41, 5.74) is 7.40. The molecule has 0 saturated heterocycles. The second kappa shape index (κ2) is 9.29. The van der Waals surface area contributed by atoms with Crippen molar-refractivity contribution in [3.05, 3.63) is 58.7 Å². The number of phenolic OH excluding ortho intramolecular Hbond substituents is 1. The van der Waals surface area contributed by atoms with E-state index in [-0.39, 0.29) is 5.91 Å². The number of amides is 1. The first-order chi connectivity index (χ1) is 12.4. The second-order valence-electron chi connectivity index (χ2n) is 6.35. The molecule has 2 aromatic carbocycles. The van der Waals surface area contributed by atoms with Gasteiger partial charge in [-0.05, 0) is 48.2 Å². The topological polar surface area (TPSA) is 64.9 Å². The van der Waals surface area contributed by atoms with Crippen molar-refractivity contribution in [2.24, 2.45) is 5.10 Å². The molecule has 26 heavy (non-hydrogen) atoms. The average molecular weight is 372 g/mol. The van der Waals surface area contributed by atoms with Crippen molar-refractivity contribution in [1.29, 1.82) is 0 Å². The van der Waals surface area contributed by atoms with Crippen LogP contribution in [0.4, 0.5) is 5.69 Å². The lowest BCUT2D eigenvalue weighted by atomic mass is 10.1. The molecule has 2 aromatic rings. The Bertz CT molecular complexity index is 763. The Hall–Kier alpha value is -2.47. The molecular formula is C20H25N3O2S. The van der Waals surface area contributed by atoms with Crippen LogP contribution < -0.4 is 10.3 Å². The van der Waals surface area contributed by atoms with Crippen LogP contribution in [-0.2, 0) is 10.5 Å². The highest BCUT2D eigenvalue weighted by molar-refractivity contribution is 7.99. The van der Waals surface area contributed by atoms with E-state index in [1.54, 1.807) is 6.21 Å². The van der Waals surface area contributed by atoms with Crippen molar-refractivity contribution in [3.63, 3.8) is 0 Å². The minimum atomic E-state index is -0.136. The number of hydrazone groups is 1. The molecule has 0 unspecified atom stereocenters. The van der Waals surface area contributed by atoms with E-state index in [4.69, 9.17) is 0 Å². The minimum absolute atomic E-state index is 0.136. The Morgan fingerprint density at radius 3 is 2.38 bits per heavy atom. The minimum Gasteiger partial charge on any atom is -0.507 e. The van der Waals surface area contributed by atoms with Gasteiger partial charge in [0.25, 0.3) is 0 Å². The lowest BCUT2D eigenvalue weighted by Crippen LogP contribution is -2.19. The molecule has 0 atom stereocenters. The first-order valence-corrected chi connectivity index (χ1v) is 9.48. The van der Waals surface area contributed by atoms with Gasteiger partial charge in [-0.3, -0.25) is 4.79 Å². The van der Waals surface area contributed by atoms with E-state index in [9.17, 15) is 9.90 Å². The molecule has 0 spiro atoms. The normalized spacial score (nSPS) is 10.9. The van der Waals surface area contributed by atoms with Crippen LogP contribution in [0.1, 0.15) is 22.3 Å². The van der Waals surface area contributed by atoms with Gasteiger partial charge in [-0.2, -0.15) is 5.10 Å². The van der Waals surface area contributed by atoms with Crippen molar-refractivity contribution >= 4 is 29.6 Å². The van der Waals surface area contributed by atoms with E-state index in [1.807, 2.05) is 69.2 Å². The maximum absolute atomic E-state index is 11.9. The lowest BCUT2D eigenvalue weighted by molar-refractivity contribution is -0.118. The molecule has 5 nitrogen and oxygen atoms in total. The largest absolute Gasteiger partial charge is 0.507 e. The molecule has 0 bridgehead atoms. The predicted molar refractivity (Wildman–Crippen MR) is 110 cm³/mol. The number of aromatic hydroxyl groups is 1. The number of thioether (sulfide) groups is 1. The zero-order valence-electron chi connectivity index (χ0n) is 15.6. The zero-order chi connectivity index (χ0) is 19.1. The van der Waals surface area contributed by atoms with Crippen molar-refractivity contribution < 1.29 is 9.90 Å². The Balaban J connectivity index is 1.76. The van der Waals surface area contributed by atoms with Crippen LogP contribution in [0.3, 0.4) is 0 Å². The highest BCUT2D eigenvalue weighted by atomic mass is 32.2. The van der Waals surface area contributed by atoms with E-state index >= 15 is 0 Å². The van der Waals surface area contributed by atoms with Crippen LogP contribution in [0, 0.1) is 13.8 Å². The number of carbonyl (C=O) groups is 1. The van der Waals surface area contributed by atoms with Crippen molar-refractivity contribution in [2.75, 3.05) is 24.7 Å². The number of benzene rings is 2. The first-order valence-electron chi connectivity index (χ1n) is 8.33. The number of anilines is 1. The highest BCUT2D eigenvalue weighted by Gasteiger charge is 2.05. The summed E-state index contributed by atoms with van der Waals surface area (Å²) >= 11 is 1.52. The summed E-state index contributed by atoms with van der Waals surface area (Å²) in [7, 11) is 3.98. The lowest BCUT2D eigenvalue weighted by Gasteiger charge is -2.11. The summed E-state index contributed by atoms with van der Waals surface area (Å²) in [5.74, 6) is 1.24. The van der Waals surface area contributed by atoms with Crippen LogP contribution in [-0.4, -0.2) is 37.1 Å². The van der Waals surface area contributed by atoms with Gasteiger partial charge in [0.1, 0.15) is 5.75 Å². The summed E-state index contributed by atoms with van der Waals surface area (Å²) in [5, 5.41) is 13.8. The fourth-order valence-corrected chi connectivity index (χ4v) is 3.21. The maximum atomic E-state index is 11.9. The van der Waals surface area contributed by atoms with E-state index in [0.29, 0.717) is 17.3 Å². The molecule has 0 aliphatic heterocycles. The Labute approximate surface area is 159 Å². The van der Waals surface area contributed by atoms with Crippen LogP contribution in [0.2, 0.25) is 0 Å². The summed E-state index contributed by atoms with van der Waals surface area (Å²) in [4.78, 5) is 13.9. The van der Waals surface area contributed by atoms with Gasteiger partial charge in [0.05, 0.1) is 12.0 Å². The molecule has 0 radical (unpaired) electrons. The summed E-state index contributed by atoms with van der Waals surface area (Å²) in [6, 6.07) is 11.8. The molecule has 1 amide bonds. The maximum Gasteiger partial charge on any atom is 0.250 e. The highest BCUT2D eigenvalue weighted by Crippen LogP contribution is 2.25. The number of nitrogens with zero attached hydrogens (tertiary/aromatic N) is 2. The monoisotopic (exact) mass is 371 g/mol. The first kappa shape index (κ1) is 19.8. The van der Waals surface area contributed by atoms with E-state index < -0.39 is 0 Å². The van der Waals surface area contributed by atoms with Crippen LogP contribution in [0.5, 0.6) is 5.75 Å². The van der Waals surface area contributed by atoms with Gasteiger partial charge in [-0.1, -0.05) is 24.3 Å². The van der Waals surface area contributed by atoms with Crippen molar-refractivity contribution in [3.8, 4) is 5.75 Å². The second-order valence-corrected chi connectivity index (χ2v) is 7.34. The zero-order valence-corrected chi connectivity index (χ0v) is 16.4. The Kier molecular flexibility index (Phi) is 7.09. The van der Waals surface area contributed by atoms with Crippen LogP contribution in [0.25, 0.3) is 0 Å². The number of nitrogens with one attached hydrogen (secondary N) is 1. The molecule has 0 aliphatic rings. The standard InChI is InChI=1S/C20H25N3O2S/c1-14-9-17(10-15(2)20(14)25)12-26-13-19(24)22-21-11-16-5-7-18(8-6-16)23(3)4/h5-11,25H,12-13H2,1-4H3,(H,22,24). The van der Waals surface area contributed by atoms with E-state index in [1.165, 1.54) is 11.8 Å². The van der Waals surface area contributed by atoms with Gasteiger partial charge in [-0.25, -0.2) is 5.43 Å². The molecule has 0 fully saturated rings. The molecule has 2 rings (SSSR count). The number of rotatable bonds is 7. The molecule has 2 N–H and O–H groups in total. The fraction of sp³-hybridized carbons (Fsp3) is 0.300. The van der Waals surface area contributed by atoms with Gasteiger partial charge < -0.3 is 10.0 Å². The SMILES string of the molecule is Cc1cc(CSCC(=O)NN=Cc2ccc(N(C)C)cc2)cc(C)c1O. The van der Waals surface area contributed by atoms with Gasteiger partial charge in [0.15, 0.2) is 0 Å². The molecule has 0 aromatic heterocycles. The predicted octanol–water partition coefficient (Wildman–Crippen LogP) is 3.46. The number of hydrogen-bond acceptors (Lipinski definition) is 5. The van der Waals surface area contributed by atoms with E-state index in [0.717, 1.165) is 27.9 Å². The Morgan fingerprint density at radius 2 is 1.81 bits per heavy atom. The molecule has 0 heterocycles. The molecule has 0 saturated carbocycles. The summed E-state index contributed by atoms with van der Waals surface area (Å²) in [6.07, 6.45) is 1.63. The van der Waals surface area contributed by atoms with Crippen LogP contribution >= 0.6 is 11.8 Å². The van der Waals surface area contributed by atoms with Gasteiger partial charge >= 0.3 is 0 Å². The summed E-state index contributed by atoms with van der Waals surface area (Å²) < 4.78 is 0. The molecule has 6 heteroatoms. The van der Waals surface area contributed by atoms with E-state index in [2.05, 4.69) is 10.5 Å². The smallest absolute Gasteiger partial charge is 0.250 e. The van der Waals surface area contributed by atoms with Crippen molar-refractivity contribution in [2.45, 2.75) is 19.6 Å². The Morgan fingerprint density at radius 1 is 1.19 bits per heavy atom. The third-order valence-corrected chi connectivity index (χ3v) is 4.87. The quantitative estimate of drug-likeness (QED) is 0.578. The van der Waals surface area contributed by atoms with Crippen molar-refractivity contribution in [1.82, 2.24) is 5.43 Å². The van der Waals surface area contributed by atoms with Gasteiger partial charge in [-0.15, -0.1) is 11.8 Å². The van der Waals surface area contributed by atoms with Gasteiger partial charge in [0.2, 0.25) is 5.91 Å². The third-order valence-electron chi connectivity index (χ3n) is 3.87. The fourth-order valence-electron chi connectivity index (χ4n) is 2.46. The number of hydrogen-bond donors (Lipinski definition) is 2. The van der Waals surface area contributed by atoms with Crippen LogP contribution in [0.15, 0.2) is 41.5 Å². The average Bonchev–Trinajstić information content (AvgIpc) is 2.60. The molecule has 138 valence electrons. The number of aryl methyl sites for hydroxylation is 2. The number of carbonyl (C=O) groups excluding carboxylic acids is 1.